The second-order valence-corrected chi connectivity index (χ2v) is 7.34. The van der Waals surface area contributed by atoms with Gasteiger partial charge < -0.3 is 10.6 Å². The Morgan fingerprint density at radius 1 is 0.968 bits per heavy atom. The van der Waals surface area contributed by atoms with Gasteiger partial charge in [0.25, 0.3) is 11.8 Å². The van der Waals surface area contributed by atoms with Gasteiger partial charge >= 0.3 is 0 Å². The molecule has 1 unspecified atom stereocenters. The molecule has 0 radical (unpaired) electrons. The lowest BCUT2D eigenvalue weighted by atomic mass is 10.0. The van der Waals surface area contributed by atoms with Crippen LogP contribution in [0.3, 0.4) is 0 Å². The van der Waals surface area contributed by atoms with Gasteiger partial charge in [-0.25, -0.2) is 4.39 Å². The van der Waals surface area contributed by atoms with Gasteiger partial charge in [0.1, 0.15) is 11.7 Å². The van der Waals surface area contributed by atoms with Crippen LogP contribution in [0.4, 0.5) is 4.39 Å². The molecular formula is C25H22FN3O2. The monoisotopic (exact) mass is 415 g/mol. The largest absolute Gasteiger partial charge is 0.345 e. The van der Waals surface area contributed by atoms with E-state index in [1.165, 1.54) is 24.3 Å². The second-order valence-electron chi connectivity index (χ2n) is 7.34. The van der Waals surface area contributed by atoms with E-state index in [1.807, 2.05) is 43.3 Å². The third-order valence-corrected chi connectivity index (χ3v) is 5.29. The highest BCUT2D eigenvalue weighted by molar-refractivity contribution is 6.14. The summed E-state index contributed by atoms with van der Waals surface area (Å²) in [4.78, 5) is 29.8. The molecule has 0 bridgehead atoms. The molecule has 0 fully saturated rings. The van der Waals surface area contributed by atoms with E-state index in [2.05, 4.69) is 15.6 Å². The first-order valence-electron chi connectivity index (χ1n) is 10.2. The van der Waals surface area contributed by atoms with E-state index in [0.717, 1.165) is 23.1 Å². The van der Waals surface area contributed by atoms with Crippen LogP contribution >= 0.6 is 0 Å². The van der Waals surface area contributed by atoms with E-state index in [4.69, 9.17) is 0 Å². The maximum atomic E-state index is 13.1. The standard InChI is InChI=1S/C25H22FN3O2/c1-2-22(16-6-4-3-5-7-16)28-25(31)18-8-9-19-15-27-23(21(19)14-18)29-24(30)17-10-12-20(26)13-11-17/h3-14,22H,2,15H2,1H3,(H,28,31)(H,27,29,30). The van der Waals surface area contributed by atoms with Crippen LogP contribution in [0, 0.1) is 5.82 Å². The van der Waals surface area contributed by atoms with Crippen LogP contribution in [-0.2, 0) is 6.54 Å². The molecule has 1 aliphatic heterocycles. The number of fused-ring (bicyclic) bond motifs is 1. The first kappa shape index (κ1) is 20.5. The van der Waals surface area contributed by atoms with Crippen molar-refractivity contribution in [3.63, 3.8) is 0 Å². The lowest BCUT2D eigenvalue weighted by Gasteiger charge is -2.18. The summed E-state index contributed by atoms with van der Waals surface area (Å²) < 4.78 is 13.1. The van der Waals surface area contributed by atoms with Gasteiger partial charge in [0, 0.05) is 16.7 Å². The number of benzene rings is 3. The molecule has 3 aromatic carbocycles. The summed E-state index contributed by atoms with van der Waals surface area (Å²) in [5, 5.41) is 5.85. The Kier molecular flexibility index (Phi) is 5.89. The number of carbonyl (C=O) groups is 2. The molecule has 31 heavy (non-hydrogen) atoms. The van der Waals surface area contributed by atoms with Crippen molar-refractivity contribution >= 4 is 17.6 Å². The number of hydrogen-bond donors (Lipinski definition) is 2. The summed E-state index contributed by atoms with van der Waals surface area (Å²) in [6, 6.07) is 20.4. The Morgan fingerprint density at radius 2 is 1.68 bits per heavy atom. The van der Waals surface area contributed by atoms with Crippen LogP contribution in [0.25, 0.3) is 0 Å². The predicted octanol–water partition coefficient (Wildman–Crippen LogP) is 4.40. The van der Waals surface area contributed by atoms with Crippen LogP contribution in [0.2, 0.25) is 0 Å². The fourth-order valence-corrected chi connectivity index (χ4v) is 3.56. The Labute approximate surface area is 180 Å². The number of aliphatic imine (C=N–C) groups is 1. The van der Waals surface area contributed by atoms with Crippen molar-refractivity contribution in [1.29, 1.82) is 0 Å². The zero-order valence-corrected chi connectivity index (χ0v) is 17.1. The van der Waals surface area contributed by atoms with Gasteiger partial charge in [0.05, 0.1) is 12.6 Å². The molecule has 0 aromatic heterocycles. The smallest absolute Gasteiger partial charge is 0.256 e. The van der Waals surface area contributed by atoms with E-state index in [9.17, 15) is 14.0 Å². The molecule has 2 N–H and O–H groups in total. The van der Waals surface area contributed by atoms with Crippen LogP contribution in [0.5, 0.6) is 0 Å². The summed E-state index contributed by atoms with van der Waals surface area (Å²) in [5.74, 6) is -0.558. The van der Waals surface area contributed by atoms with E-state index in [1.54, 1.807) is 12.1 Å². The molecule has 1 heterocycles. The molecule has 0 spiro atoms. The third-order valence-electron chi connectivity index (χ3n) is 5.29. The molecular weight excluding hydrogens is 393 g/mol. The van der Waals surface area contributed by atoms with Crippen molar-refractivity contribution in [3.05, 3.63) is 106 Å². The highest BCUT2D eigenvalue weighted by Crippen LogP contribution is 2.22. The van der Waals surface area contributed by atoms with Gasteiger partial charge in [-0.2, -0.15) is 0 Å². The van der Waals surface area contributed by atoms with E-state index >= 15 is 0 Å². The van der Waals surface area contributed by atoms with E-state index in [0.29, 0.717) is 23.5 Å². The average Bonchev–Trinajstić information content (AvgIpc) is 3.20. The van der Waals surface area contributed by atoms with Crippen molar-refractivity contribution in [2.24, 2.45) is 4.99 Å². The second kappa shape index (κ2) is 8.92. The van der Waals surface area contributed by atoms with Crippen molar-refractivity contribution in [2.45, 2.75) is 25.9 Å². The summed E-state index contributed by atoms with van der Waals surface area (Å²) in [7, 11) is 0. The van der Waals surface area contributed by atoms with Crippen molar-refractivity contribution < 1.29 is 14.0 Å². The Morgan fingerprint density at radius 3 is 2.39 bits per heavy atom. The van der Waals surface area contributed by atoms with Crippen LogP contribution in [0.15, 0.2) is 77.8 Å². The first-order chi connectivity index (χ1) is 15.0. The molecule has 0 saturated carbocycles. The molecule has 2 amide bonds. The number of hydrogen-bond acceptors (Lipinski definition) is 3. The van der Waals surface area contributed by atoms with Crippen LogP contribution in [-0.4, -0.2) is 17.6 Å². The Balaban J connectivity index is 1.50. The molecule has 1 aliphatic rings. The summed E-state index contributed by atoms with van der Waals surface area (Å²) in [5.41, 5.74) is 3.53. The molecule has 3 aromatic rings. The van der Waals surface area contributed by atoms with Crippen LogP contribution in [0.1, 0.15) is 56.8 Å². The molecule has 0 saturated heterocycles. The van der Waals surface area contributed by atoms with Crippen molar-refractivity contribution in [2.75, 3.05) is 0 Å². The zero-order chi connectivity index (χ0) is 21.8. The van der Waals surface area contributed by atoms with Gasteiger partial charge in [0.2, 0.25) is 0 Å². The number of rotatable bonds is 5. The highest BCUT2D eigenvalue weighted by atomic mass is 19.1. The maximum absolute atomic E-state index is 13.1. The zero-order valence-electron chi connectivity index (χ0n) is 17.1. The molecule has 156 valence electrons. The summed E-state index contributed by atoms with van der Waals surface area (Å²) >= 11 is 0. The third kappa shape index (κ3) is 4.53. The number of nitrogens with one attached hydrogen (secondary N) is 2. The molecule has 0 aliphatic carbocycles. The van der Waals surface area contributed by atoms with Gasteiger partial charge in [0.15, 0.2) is 0 Å². The van der Waals surface area contributed by atoms with Crippen molar-refractivity contribution in [3.8, 4) is 0 Å². The van der Waals surface area contributed by atoms with E-state index in [-0.39, 0.29) is 17.9 Å². The molecule has 5 nitrogen and oxygen atoms in total. The number of nitrogens with zero attached hydrogens (tertiary/aromatic N) is 1. The first-order valence-corrected chi connectivity index (χ1v) is 10.2. The number of amidine groups is 1. The Hall–Kier alpha value is -3.80. The lowest BCUT2D eigenvalue weighted by Crippen LogP contribution is -2.31. The Bertz CT molecular complexity index is 1140. The number of halogens is 1. The lowest BCUT2D eigenvalue weighted by molar-refractivity contribution is 0.0934. The van der Waals surface area contributed by atoms with Gasteiger partial charge in [-0.05, 0) is 53.9 Å². The van der Waals surface area contributed by atoms with Gasteiger partial charge in [-0.3, -0.25) is 14.6 Å². The summed E-state index contributed by atoms with van der Waals surface area (Å²) in [6.07, 6.45) is 0.765. The quantitative estimate of drug-likeness (QED) is 0.649. The van der Waals surface area contributed by atoms with E-state index < -0.39 is 5.82 Å². The fourth-order valence-electron chi connectivity index (χ4n) is 3.56. The maximum Gasteiger partial charge on any atom is 0.256 e. The summed E-state index contributed by atoms with van der Waals surface area (Å²) in [6.45, 7) is 2.45. The number of carbonyl (C=O) groups excluding carboxylic acids is 2. The predicted molar refractivity (Wildman–Crippen MR) is 117 cm³/mol. The molecule has 4 rings (SSSR count). The van der Waals surface area contributed by atoms with Crippen molar-refractivity contribution in [1.82, 2.24) is 10.6 Å². The SMILES string of the molecule is CCC(NC(=O)c1ccc2c(c1)C(NC(=O)c1ccc(F)cc1)=NC2)c1ccccc1. The minimum Gasteiger partial charge on any atom is -0.345 e. The fraction of sp³-hybridized carbons (Fsp3) is 0.160. The number of amides is 2. The van der Waals surface area contributed by atoms with Gasteiger partial charge in [-0.15, -0.1) is 0 Å². The molecule has 6 heteroatoms. The average molecular weight is 415 g/mol. The highest BCUT2D eigenvalue weighted by Gasteiger charge is 2.21. The minimum atomic E-state index is -0.406. The topological polar surface area (TPSA) is 70.6 Å². The minimum absolute atomic E-state index is 0.0896. The molecule has 1 atom stereocenters. The van der Waals surface area contributed by atoms with Gasteiger partial charge in [-0.1, -0.05) is 43.3 Å². The van der Waals surface area contributed by atoms with Crippen LogP contribution < -0.4 is 10.6 Å². The normalized spacial score (nSPS) is 13.2.